The van der Waals surface area contributed by atoms with Crippen LogP contribution in [0.5, 0.6) is 0 Å². The Kier molecular flexibility index (Phi) is 3.48. The molecule has 5 atom stereocenters. The van der Waals surface area contributed by atoms with Crippen LogP contribution in [0, 0.1) is 23.7 Å². The summed E-state index contributed by atoms with van der Waals surface area (Å²) in [6.45, 7) is 3.91. The second kappa shape index (κ2) is 4.60. The Hall–Kier alpha value is -0.570. The zero-order chi connectivity index (χ0) is 12.6. The molecule has 0 aromatic rings. The Morgan fingerprint density at radius 3 is 2.65 bits per heavy atom. The van der Waals surface area contributed by atoms with Crippen molar-refractivity contribution in [2.24, 2.45) is 23.7 Å². The van der Waals surface area contributed by atoms with Gasteiger partial charge in [-0.25, -0.2) is 0 Å². The van der Waals surface area contributed by atoms with Crippen molar-refractivity contribution < 1.29 is 14.6 Å². The van der Waals surface area contributed by atoms with Crippen LogP contribution in [-0.2, 0) is 9.53 Å². The van der Waals surface area contributed by atoms with Gasteiger partial charge in [-0.15, -0.1) is 0 Å². The van der Waals surface area contributed by atoms with Gasteiger partial charge in [-0.3, -0.25) is 4.79 Å². The first-order chi connectivity index (χ1) is 7.97. The normalized spacial score (nSPS) is 46.1. The zero-order valence-electron chi connectivity index (χ0n) is 11.1. The number of rotatable bonds is 1. The minimum absolute atomic E-state index is 0.233. The van der Waals surface area contributed by atoms with E-state index in [1.54, 1.807) is 6.92 Å². The van der Waals surface area contributed by atoms with Crippen LogP contribution in [0.1, 0.15) is 46.0 Å². The van der Waals surface area contributed by atoms with E-state index in [1.165, 1.54) is 32.8 Å². The van der Waals surface area contributed by atoms with Crippen molar-refractivity contribution in [3.8, 4) is 0 Å². The van der Waals surface area contributed by atoms with Gasteiger partial charge in [0, 0.05) is 0 Å². The van der Waals surface area contributed by atoms with Crippen molar-refractivity contribution in [1.29, 1.82) is 0 Å². The molecule has 0 saturated heterocycles. The summed E-state index contributed by atoms with van der Waals surface area (Å²) in [5, 5.41) is 10.5. The highest BCUT2D eigenvalue weighted by molar-refractivity contribution is 5.74. The number of methoxy groups -OCH3 is 1. The van der Waals surface area contributed by atoms with Gasteiger partial charge >= 0.3 is 5.97 Å². The lowest BCUT2D eigenvalue weighted by Gasteiger charge is -2.50. The second-order valence-electron chi connectivity index (χ2n) is 6.13. The molecule has 2 aliphatic rings. The summed E-state index contributed by atoms with van der Waals surface area (Å²) >= 11 is 0. The lowest BCUT2D eigenvalue weighted by molar-refractivity contribution is -0.172. The fraction of sp³-hybridized carbons (Fsp3) is 0.929. The van der Waals surface area contributed by atoms with Crippen molar-refractivity contribution in [1.82, 2.24) is 0 Å². The van der Waals surface area contributed by atoms with Gasteiger partial charge in [-0.2, -0.15) is 0 Å². The van der Waals surface area contributed by atoms with E-state index in [9.17, 15) is 9.90 Å². The molecule has 2 saturated carbocycles. The number of aliphatic hydroxyl groups is 1. The molecule has 98 valence electrons. The lowest BCUT2D eigenvalue weighted by Crippen LogP contribution is -2.53. The summed E-state index contributed by atoms with van der Waals surface area (Å²) in [5.74, 6) is 0.817. The number of esters is 1. The van der Waals surface area contributed by atoms with E-state index in [1.807, 2.05) is 0 Å². The molecule has 0 radical (unpaired) electrons. The molecule has 2 rings (SSSR count). The minimum atomic E-state index is -0.898. The van der Waals surface area contributed by atoms with Gasteiger partial charge < -0.3 is 9.84 Å². The van der Waals surface area contributed by atoms with E-state index in [0.717, 1.165) is 6.42 Å². The first-order valence-corrected chi connectivity index (χ1v) is 6.77. The molecule has 0 spiro atoms. The maximum absolute atomic E-state index is 11.9. The molecule has 3 heteroatoms. The van der Waals surface area contributed by atoms with E-state index < -0.39 is 5.60 Å². The molecule has 2 aliphatic carbocycles. The van der Waals surface area contributed by atoms with E-state index in [2.05, 4.69) is 6.92 Å². The van der Waals surface area contributed by atoms with E-state index in [0.29, 0.717) is 11.8 Å². The topological polar surface area (TPSA) is 46.5 Å². The number of carbonyl (C=O) groups excluding carboxylic acids is 1. The van der Waals surface area contributed by atoms with Gasteiger partial charge in [0.2, 0.25) is 0 Å². The largest absolute Gasteiger partial charge is 0.469 e. The molecular formula is C14H24O3. The Morgan fingerprint density at radius 2 is 2.00 bits per heavy atom. The third-order valence-corrected chi connectivity index (χ3v) is 4.97. The average molecular weight is 240 g/mol. The van der Waals surface area contributed by atoms with Crippen molar-refractivity contribution in [2.45, 2.75) is 51.6 Å². The number of hydrogen-bond acceptors (Lipinski definition) is 3. The fourth-order valence-corrected chi connectivity index (χ4v) is 4.25. The van der Waals surface area contributed by atoms with Gasteiger partial charge in [-0.05, 0) is 37.5 Å². The summed E-state index contributed by atoms with van der Waals surface area (Å²) in [4.78, 5) is 11.9. The van der Waals surface area contributed by atoms with Crippen LogP contribution >= 0.6 is 0 Å². The molecule has 17 heavy (non-hydrogen) atoms. The van der Waals surface area contributed by atoms with Crippen molar-refractivity contribution >= 4 is 5.97 Å². The Morgan fingerprint density at radius 1 is 1.35 bits per heavy atom. The maximum atomic E-state index is 11.9. The predicted molar refractivity (Wildman–Crippen MR) is 65.4 cm³/mol. The molecule has 0 aromatic carbocycles. The van der Waals surface area contributed by atoms with E-state index in [4.69, 9.17) is 4.74 Å². The number of carbonyl (C=O) groups is 1. The molecule has 0 amide bonds. The third kappa shape index (κ3) is 2.22. The van der Waals surface area contributed by atoms with Gasteiger partial charge in [0.25, 0.3) is 0 Å². The second-order valence-corrected chi connectivity index (χ2v) is 6.13. The predicted octanol–water partition coefficient (Wildman–Crippen LogP) is 2.37. The number of ether oxygens (including phenoxy) is 1. The molecule has 5 unspecified atom stereocenters. The lowest BCUT2D eigenvalue weighted by atomic mass is 9.57. The molecule has 1 N–H and O–H groups in total. The van der Waals surface area contributed by atoms with Crippen LogP contribution in [0.25, 0.3) is 0 Å². The highest BCUT2D eigenvalue weighted by Gasteiger charge is 2.52. The van der Waals surface area contributed by atoms with Crippen LogP contribution < -0.4 is 0 Å². The van der Waals surface area contributed by atoms with Gasteiger partial charge in [0.15, 0.2) is 0 Å². The van der Waals surface area contributed by atoms with Crippen molar-refractivity contribution in [2.75, 3.05) is 7.11 Å². The van der Waals surface area contributed by atoms with Crippen molar-refractivity contribution in [3.05, 3.63) is 0 Å². The molecule has 3 nitrogen and oxygen atoms in total. The first kappa shape index (κ1) is 12.9. The highest BCUT2D eigenvalue weighted by atomic mass is 16.5. The van der Waals surface area contributed by atoms with Crippen LogP contribution in [0.4, 0.5) is 0 Å². The standard InChI is InChI=1S/C14H24O3/c1-9-11-7-5-4-6-10(11)8-14(2,16)12(9)13(15)17-3/h9-12,16H,4-8H2,1-3H3. The average Bonchev–Trinajstić information content (AvgIpc) is 2.27. The van der Waals surface area contributed by atoms with Crippen LogP contribution in [0.2, 0.25) is 0 Å². The third-order valence-electron chi connectivity index (χ3n) is 4.97. The monoisotopic (exact) mass is 240 g/mol. The molecule has 0 aliphatic heterocycles. The summed E-state index contributed by atoms with van der Waals surface area (Å²) < 4.78 is 4.88. The molecule has 0 aromatic heterocycles. The molecule has 0 bridgehead atoms. The quantitative estimate of drug-likeness (QED) is 0.716. The van der Waals surface area contributed by atoms with Crippen LogP contribution in [0.15, 0.2) is 0 Å². The fourth-order valence-electron chi connectivity index (χ4n) is 4.25. The Labute approximate surface area is 104 Å². The Bertz CT molecular complexity index is 298. The van der Waals surface area contributed by atoms with Gasteiger partial charge in [0.05, 0.1) is 18.6 Å². The van der Waals surface area contributed by atoms with Gasteiger partial charge in [0.1, 0.15) is 0 Å². The minimum Gasteiger partial charge on any atom is -0.469 e. The Balaban J connectivity index is 2.23. The molecular weight excluding hydrogens is 216 g/mol. The number of fused-ring (bicyclic) bond motifs is 1. The van der Waals surface area contributed by atoms with Crippen molar-refractivity contribution in [3.63, 3.8) is 0 Å². The highest BCUT2D eigenvalue weighted by Crippen LogP contribution is 2.50. The van der Waals surface area contributed by atoms with Crippen LogP contribution in [0.3, 0.4) is 0 Å². The maximum Gasteiger partial charge on any atom is 0.311 e. The van der Waals surface area contributed by atoms with Gasteiger partial charge in [-0.1, -0.05) is 26.2 Å². The SMILES string of the molecule is COC(=O)C1C(C)C2CCCCC2CC1(C)O. The summed E-state index contributed by atoms with van der Waals surface area (Å²) in [6.07, 6.45) is 5.70. The summed E-state index contributed by atoms with van der Waals surface area (Å²) in [7, 11) is 1.41. The summed E-state index contributed by atoms with van der Waals surface area (Å²) in [5.41, 5.74) is -0.898. The first-order valence-electron chi connectivity index (χ1n) is 6.77. The van der Waals surface area contributed by atoms with Crippen LogP contribution in [-0.4, -0.2) is 23.8 Å². The smallest absolute Gasteiger partial charge is 0.311 e. The van der Waals surface area contributed by atoms with E-state index in [-0.39, 0.29) is 17.8 Å². The molecule has 2 fully saturated rings. The zero-order valence-corrected chi connectivity index (χ0v) is 11.1. The summed E-state index contributed by atoms with van der Waals surface area (Å²) in [6, 6.07) is 0. The molecule has 0 heterocycles. The number of hydrogen-bond donors (Lipinski definition) is 1. The van der Waals surface area contributed by atoms with E-state index >= 15 is 0 Å².